The van der Waals surface area contributed by atoms with Crippen LogP contribution in [-0.4, -0.2) is 89.4 Å². The average Bonchev–Trinajstić information content (AvgIpc) is 3.73. The number of methoxy groups -OCH3 is 1. The zero-order valence-corrected chi connectivity index (χ0v) is 29.6. The first-order valence-electron chi connectivity index (χ1n) is 17.4. The Hall–Kier alpha value is -5.89. The van der Waals surface area contributed by atoms with Gasteiger partial charge in [-0.2, -0.15) is 13.2 Å². The molecule has 1 unspecified atom stereocenters. The van der Waals surface area contributed by atoms with Gasteiger partial charge in [-0.25, -0.2) is 29.1 Å². The van der Waals surface area contributed by atoms with Crippen LogP contribution < -0.4 is 20.4 Å². The van der Waals surface area contributed by atoms with Gasteiger partial charge in [0.25, 0.3) is 5.91 Å². The summed E-state index contributed by atoms with van der Waals surface area (Å²) < 4.78 is 60.6. The van der Waals surface area contributed by atoms with Gasteiger partial charge in [-0.1, -0.05) is 6.92 Å². The second-order valence-electron chi connectivity index (χ2n) is 13.5. The summed E-state index contributed by atoms with van der Waals surface area (Å²) in [5.74, 6) is -1.79. The third-order valence-corrected chi connectivity index (χ3v) is 10.4. The van der Waals surface area contributed by atoms with Crippen molar-refractivity contribution in [3.63, 3.8) is 0 Å². The number of ether oxygens (including phenoxy) is 1. The topological polar surface area (TPSA) is 175 Å². The van der Waals surface area contributed by atoms with Crippen LogP contribution in [0.25, 0.3) is 16.9 Å². The lowest BCUT2D eigenvalue weighted by atomic mass is 9.81. The summed E-state index contributed by atoms with van der Waals surface area (Å²) in [5, 5.41) is 22.4. The minimum absolute atomic E-state index is 0.0398. The summed E-state index contributed by atoms with van der Waals surface area (Å²) in [7, 11) is 1.46. The zero-order valence-electron chi connectivity index (χ0n) is 29.6. The van der Waals surface area contributed by atoms with Crippen molar-refractivity contribution in [2.45, 2.75) is 63.5 Å². The summed E-state index contributed by atoms with van der Waals surface area (Å²) in [6.07, 6.45) is -1.12. The number of fused-ring (bicyclic) bond motifs is 4. The van der Waals surface area contributed by atoms with Gasteiger partial charge < -0.3 is 25.0 Å². The number of rotatable bonds is 9. The number of nitrogens with zero attached hydrogens (tertiary/aromatic N) is 9. The number of carbonyl (C=O) groups excluding carboxylic acids is 1. The third kappa shape index (κ3) is 6.23. The molecule has 0 radical (unpaired) electrons. The molecule has 5 aromatic rings. The van der Waals surface area contributed by atoms with E-state index in [0.717, 1.165) is 12.1 Å². The monoisotopic (exact) mass is 766 g/mol. The fraction of sp³-hybridized carbons (Fsp3) is 0.400. The van der Waals surface area contributed by atoms with Crippen molar-refractivity contribution in [2.24, 2.45) is 0 Å². The fourth-order valence-electron chi connectivity index (χ4n) is 7.54. The molecule has 0 bridgehead atoms. The van der Waals surface area contributed by atoms with Crippen LogP contribution in [0.1, 0.15) is 65.8 Å². The molecule has 4 atom stereocenters. The fourth-order valence-corrected chi connectivity index (χ4v) is 7.54. The Labute approximate surface area is 309 Å². The Morgan fingerprint density at radius 1 is 1.07 bits per heavy atom. The summed E-state index contributed by atoms with van der Waals surface area (Å²) in [5.41, 5.74) is 0.199. The molecule has 1 aliphatic carbocycles. The number of halogens is 4. The molecular formula is C35H34F4N10O6. The zero-order chi connectivity index (χ0) is 38.8. The van der Waals surface area contributed by atoms with Crippen molar-refractivity contribution in [1.29, 1.82) is 0 Å². The average molecular weight is 767 g/mol. The first kappa shape index (κ1) is 36.1. The number of carbonyl (C=O) groups is 1. The first-order chi connectivity index (χ1) is 26.3. The number of hydrogen-bond acceptors (Lipinski definition) is 13. The van der Waals surface area contributed by atoms with Crippen molar-refractivity contribution in [3.05, 3.63) is 81.5 Å². The highest BCUT2D eigenvalue weighted by Crippen LogP contribution is 2.46. The van der Waals surface area contributed by atoms with Crippen molar-refractivity contribution in [1.82, 2.24) is 39.4 Å². The van der Waals surface area contributed by atoms with Crippen LogP contribution in [0.5, 0.6) is 11.6 Å². The first-order valence-corrected chi connectivity index (χ1v) is 17.4. The highest BCUT2D eigenvalue weighted by molar-refractivity contribution is 5.95. The lowest BCUT2D eigenvalue weighted by Gasteiger charge is -2.54. The largest absolute Gasteiger partial charge is 0.504 e. The number of piperazine rings is 1. The third-order valence-electron chi connectivity index (χ3n) is 10.4. The smallest absolute Gasteiger partial charge is 0.416 e. The number of amides is 1. The quantitative estimate of drug-likeness (QED) is 0.0708. The van der Waals surface area contributed by atoms with E-state index in [1.165, 1.54) is 24.4 Å². The Morgan fingerprint density at radius 3 is 2.60 bits per heavy atom. The maximum atomic E-state index is 14.6. The van der Waals surface area contributed by atoms with Gasteiger partial charge in [0.1, 0.15) is 17.8 Å². The Kier molecular flexibility index (Phi) is 9.03. The van der Waals surface area contributed by atoms with Crippen LogP contribution in [0.15, 0.2) is 47.7 Å². The number of benzene rings is 1. The molecule has 4 aromatic heterocycles. The summed E-state index contributed by atoms with van der Waals surface area (Å²) in [4.78, 5) is 56.7. The Morgan fingerprint density at radius 2 is 1.87 bits per heavy atom. The van der Waals surface area contributed by atoms with Gasteiger partial charge >= 0.3 is 6.18 Å². The molecule has 1 aromatic carbocycles. The summed E-state index contributed by atoms with van der Waals surface area (Å²) in [6.45, 7) is 3.62. The van der Waals surface area contributed by atoms with Crippen molar-refractivity contribution >= 4 is 28.4 Å². The van der Waals surface area contributed by atoms with Crippen LogP contribution in [0, 0.1) is 12.7 Å². The van der Waals surface area contributed by atoms with E-state index in [1.54, 1.807) is 28.5 Å². The van der Waals surface area contributed by atoms with Crippen LogP contribution in [0.2, 0.25) is 0 Å². The predicted octanol–water partition coefficient (Wildman–Crippen LogP) is 4.46. The molecule has 55 heavy (non-hydrogen) atoms. The molecule has 2 N–H and O–H groups in total. The highest BCUT2D eigenvalue weighted by Gasteiger charge is 2.48. The molecule has 20 heteroatoms. The lowest BCUT2D eigenvalue weighted by Crippen LogP contribution is -2.67. The van der Waals surface area contributed by atoms with Crippen LogP contribution in [0.4, 0.5) is 28.9 Å². The lowest BCUT2D eigenvalue weighted by molar-refractivity contribution is -0.337. The number of hydrogen-bond donors (Lipinski definition) is 2. The SMILES string of the molecule is COc1cc(-n2nc3c(=O)c(N4CCN(C(=O)c5ncnc(C)c5O)[C@H]5CC[C@@H]54)c4n(c3n2)C(OOCNc2ccc(C(F)(F)F)cc2F)C[C@H]4C)ccn1. The minimum atomic E-state index is -4.70. The number of aromatic nitrogens is 7. The highest BCUT2D eigenvalue weighted by atomic mass is 19.4. The van der Waals surface area contributed by atoms with Crippen LogP contribution in [0.3, 0.4) is 0 Å². The number of anilines is 2. The molecule has 1 saturated heterocycles. The normalized spacial score (nSPS) is 20.6. The van der Waals surface area contributed by atoms with E-state index >= 15 is 0 Å². The molecular weight excluding hydrogens is 732 g/mol. The molecule has 288 valence electrons. The number of alkyl halides is 3. The van der Waals surface area contributed by atoms with Gasteiger partial charge in [-0.15, -0.1) is 15.0 Å². The van der Waals surface area contributed by atoms with Crippen LogP contribution >= 0.6 is 0 Å². The van der Waals surface area contributed by atoms with Crippen molar-refractivity contribution in [3.8, 4) is 17.3 Å². The number of nitrogens with one attached hydrogen (secondary N) is 1. The predicted molar refractivity (Wildman–Crippen MR) is 185 cm³/mol. The minimum Gasteiger partial charge on any atom is -0.504 e. The van der Waals surface area contributed by atoms with Crippen LogP contribution in [-0.2, 0) is 16.0 Å². The number of aromatic hydroxyl groups is 1. The van der Waals surface area contributed by atoms with E-state index in [1.807, 2.05) is 11.8 Å². The second-order valence-corrected chi connectivity index (χ2v) is 13.5. The van der Waals surface area contributed by atoms with E-state index < -0.39 is 36.4 Å². The molecule has 0 spiro atoms. The van der Waals surface area contributed by atoms with Gasteiger partial charge in [0.05, 0.1) is 41.5 Å². The van der Waals surface area contributed by atoms with E-state index in [-0.39, 0.29) is 64.0 Å². The maximum Gasteiger partial charge on any atom is 0.416 e. The maximum absolute atomic E-state index is 14.6. The van der Waals surface area contributed by atoms with Gasteiger partial charge in [0, 0.05) is 43.7 Å². The Bertz CT molecular complexity index is 2370. The molecule has 2 fully saturated rings. The molecule has 6 heterocycles. The molecule has 2 aliphatic heterocycles. The van der Waals surface area contributed by atoms with Crippen molar-refractivity contribution < 1.29 is 42.0 Å². The van der Waals surface area contributed by atoms with E-state index in [9.17, 15) is 32.3 Å². The van der Waals surface area contributed by atoms with Gasteiger partial charge in [0.2, 0.25) is 11.3 Å². The molecule has 3 aliphatic rings. The summed E-state index contributed by atoms with van der Waals surface area (Å²) >= 11 is 0. The van der Waals surface area contributed by atoms with Crippen molar-refractivity contribution in [2.75, 3.05) is 37.1 Å². The molecule has 1 saturated carbocycles. The molecule has 1 amide bonds. The molecule has 8 rings (SSSR count). The van der Waals surface area contributed by atoms with E-state index in [4.69, 9.17) is 19.6 Å². The standard InChI is InChI=1S/C35H34F4N10O6/c1-17-12-26(55-54-16-43-22-5-4-19(13-21(22)36)35(37,38)39)48-29(17)30(32(51)27-33(48)45-49(44-27)20-8-9-40-25(14-20)53-3)46-10-11-47(24-7-6-23(24)46)34(52)28-31(50)18(2)41-15-42-28/h4-5,8-9,13-15,17,23-24,26,43,50H,6-7,10-12,16H2,1-3H3/t17-,23+,24+,26?/m1/s1. The van der Waals surface area contributed by atoms with E-state index in [0.29, 0.717) is 54.8 Å². The number of pyridine rings is 2. The van der Waals surface area contributed by atoms with Gasteiger partial charge in [0.15, 0.2) is 35.6 Å². The molecule has 16 nitrogen and oxygen atoms in total. The number of aryl methyl sites for hydroxylation is 1. The van der Waals surface area contributed by atoms with Gasteiger partial charge in [-0.3, -0.25) is 14.2 Å². The summed E-state index contributed by atoms with van der Waals surface area (Å²) in [6, 6.07) is 4.85. The Balaban J connectivity index is 1.13. The van der Waals surface area contributed by atoms with Gasteiger partial charge in [-0.05, 0) is 44.0 Å². The van der Waals surface area contributed by atoms with E-state index in [2.05, 4.69) is 25.4 Å². The second kappa shape index (κ2) is 13.8.